The zero-order valence-corrected chi connectivity index (χ0v) is 15.9. The summed E-state index contributed by atoms with van der Waals surface area (Å²) < 4.78 is 5.86. The van der Waals surface area contributed by atoms with Crippen LogP contribution < -0.4 is 10.5 Å². The van der Waals surface area contributed by atoms with Crippen molar-refractivity contribution >= 4 is 18.3 Å². The number of nitrogens with two attached hydrogens (primary N) is 1. The van der Waals surface area contributed by atoms with Crippen LogP contribution in [0.4, 0.5) is 0 Å². The standard InChI is InChI=1S/C21H27NO2.ClH/c1-16(2)8-4-3-5-13-24-20-12-7-10-18(15-20)17-9-6-11-19(14-17)21(22)23;/h6-7,9-12,14-16H,3-5,8,13H2,1-2H3,(H2,22,23);1H. The van der Waals surface area contributed by atoms with E-state index >= 15 is 0 Å². The lowest BCUT2D eigenvalue weighted by Crippen LogP contribution is -2.10. The molecule has 2 aromatic carbocycles. The molecule has 25 heavy (non-hydrogen) atoms. The number of amides is 1. The van der Waals surface area contributed by atoms with E-state index in [1.54, 1.807) is 6.07 Å². The first-order chi connectivity index (χ1) is 11.6. The first-order valence-corrected chi connectivity index (χ1v) is 8.69. The summed E-state index contributed by atoms with van der Waals surface area (Å²) in [4.78, 5) is 11.3. The molecule has 0 unspecified atom stereocenters. The second-order valence-corrected chi connectivity index (χ2v) is 6.56. The lowest BCUT2D eigenvalue weighted by atomic mass is 10.0. The minimum atomic E-state index is -0.411. The maximum absolute atomic E-state index is 11.3. The number of primary amides is 1. The Labute approximate surface area is 157 Å². The highest BCUT2D eigenvalue weighted by Crippen LogP contribution is 2.25. The zero-order chi connectivity index (χ0) is 17.4. The van der Waals surface area contributed by atoms with Crippen molar-refractivity contribution in [1.82, 2.24) is 0 Å². The topological polar surface area (TPSA) is 52.3 Å². The van der Waals surface area contributed by atoms with Crippen LogP contribution >= 0.6 is 12.4 Å². The minimum Gasteiger partial charge on any atom is -0.494 e. The molecule has 1 amide bonds. The van der Waals surface area contributed by atoms with Crippen LogP contribution in [-0.2, 0) is 0 Å². The van der Waals surface area contributed by atoms with Gasteiger partial charge in [-0.1, -0.05) is 57.4 Å². The molecule has 3 nitrogen and oxygen atoms in total. The molecule has 0 aliphatic carbocycles. The minimum absolute atomic E-state index is 0. The molecule has 136 valence electrons. The van der Waals surface area contributed by atoms with Gasteiger partial charge in [0.2, 0.25) is 5.91 Å². The highest BCUT2D eigenvalue weighted by Gasteiger charge is 2.04. The van der Waals surface area contributed by atoms with Crippen LogP contribution in [0.15, 0.2) is 48.5 Å². The predicted molar refractivity (Wildman–Crippen MR) is 106 cm³/mol. The van der Waals surface area contributed by atoms with E-state index in [4.69, 9.17) is 10.5 Å². The van der Waals surface area contributed by atoms with Gasteiger partial charge < -0.3 is 10.5 Å². The zero-order valence-electron chi connectivity index (χ0n) is 15.0. The maximum Gasteiger partial charge on any atom is 0.248 e. The number of hydrogen-bond acceptors (Lipinski definition) is 2. The maximum atomic E-state index is 11.3. The first-order valence-electron chi connectivity index (χ1n) is 8.69. The molecule has 2 rings (SSSR count). The van der Waals surface area contributed by atoms with Gasteiger partial charge in [0, 0.05) is 5.56 Å². The fourth-order valence-electron chi connectivity index (χ4n) is 2.64. The molecule has 0 aromatic heterocycles. The van der Waals surface area contributed by atoms with Crippen molar-refractivity contribution in [1.29, 1.82) is 0 Å². The van der Waals surface area contributed by atoms with Gasteiger partial charge >= 0.3 is 0 Å². The number of carbonyl (C=O) groups is 1. The average molecular weight is 362 g/mol. The number of ether oxygens (including phenoxy) is 1. The lowest BCUT2D eigenvalue weighted by molar-refractivity contribution is 0.100. The van der Waals surface area contributed by atoms with E-state index in [-0.39, 0.29) is 12.4 Å². The summed E-state index contributed by atoms with van der Waals surface area (Å²) in [7, 11) is 0. The van der Waals surface area contributed by atoms with Gasteiger partial charge in [-0.3, -0.25) is 4.79 Å². The number of hydrogen-bond donors (Lipinski definition) is 1. The third-order valence-corrected chi connectivity index (χ3v) is 4.01. The van der Waals surface area contributed by atoms with Gasteiger partial charge in [0.25, 0.3) is 0 Å². The summed E-state index contributed by atoms with van der Waals surface area (Å²) in [6.07, 6.45) is 4.83. The SMILES string of the molecule is CC(C)CCCCCOc1cccc(-c2cccc(C(N)=O)c2)c1.Cl. The van der Waals surface area contributed by atoms with Crippen LogP contribution in [0.5, 0.6) is 5.75 Å². The summed E-state index contributed by atoms with van der Waals surface area (Å²) in [6.45, 7) is 5.26. The smallest absolute Gasteiger partial charge is 0.248 e. The van der Waals surface area contributed by atoms with Crippen LogP contribution in [0.1, 0.15) is 49.9 Å². The lowest BCUT2D eigenvalue weighted by Gasteiger charge is -2.09. The Balaban J connectivity index is 0.00000312. The third kappa shape index (κ3) is 7.18. The van der Waals surface area contributed by atoms with E-state index in [0.29, 0.717) is 5.56 Å². The Morgan fingerprint density at radius 1 is 1.00 bits per heavy atom. The van der Waals surface area contributed by atoms with Crippen LogP contribution in [-0.4, -0.2) is 12.5 Å². The van der Waals surface area contributed by atoms with E-state index in [9.17, 15) is 4.79 Å². The second kappa shape index (κ2) is 10.8. The Morgan fingerprint density at radius 2 is 1.68 bits per heavy atom. The van der Waals surface area contributed by atoms with E-state index in [2.05, 4.69) is 13.8 Å². The van der Waals surface area contributed by atoms with Crippen molar-refractivity contribution in [3.05, 3.63) is 54.1 Å². The van der Waals surface area contributed by atoms with Gasteiger partial charge in [0.15, 0.2) is 0 Å². The summed E-state index contributed by atoms with van der Waals surface area (Å²) >= 11 is 0. The summed E-state index contributed by atoms with van der Waals surface area (Å²) in [5, 5.41) is 0. The molecule has 4 heteroatoms. The van der Waals surface area contributed by atoms with Gasteiger partial charge in [-0.05, 0) is 47.7 Å². The largest absolute Gasteiger partial charge is 0.494 e. The fourth-order valence-corrected chi connectivity index (χ4v) is 2.64. The predicted octanol–water partition coefficient (Wildman–Crippen LogP) is 5.47. The highest BCUT2D eigenvalue weighted by molar-refractivity contribution is 5.94. The number of halogens is 1. The monoisotopic (exact) mass is 361 g/mol. The summed E-state index contributed by atoms with van der Waals surface area (Å²) in [5.74, 6) is 1.23. The second-order valence-electron chi connectivity index (χ2n) is 6.56. The molecule has 0 saturated heterocycles. The van der Waals surface area contributed by atoms with Crippen LogP contribution in [0, 0.1) is 5.92 Å². The molecule has 0 bridgehead atoms. The van der Waals surface area contributed by atoms with Crippen molar-refractivity contribution in [2.75, 3.05) is 6.61 Å². The van der Waals surface area contributed by atoms with Crippen molar-refractivity contribution < 1.29 is 9.53 Å². The van der Waals surface area contributed by atoms with Gasteiger partial charge in [-0.2, -0.15) is 0 Å². The summed E-state index contributed by atoms with van der Waals surface area (Å²) in [5.41, 5.74) is 7.86. The first kappa shape index (κ1) is 21.0. The van der Waals surface area contributed by atoms with E-state index in [1.807, 2.05) is 42.5 Å². The molecular weight excluding hydrogens is 334 g/mol. The van der Waals surface area contributed by atoms with Gasteiger partial charge in [-0.15, -0.1) is 12.4 Å². The summed E-state index contributed by atoms with van der Waals surface area (Å²) in [6, 6.07) is 15.3. The quantitative estimate of drug-likeness (QED) is 0.602. The number of rotatable bonds is 9. The van der Waals surface area contributed by atoms with Crippen LogP contribution in [0.2, 0.25) is 0 Å². The van der Waals surface area contributed by atoms with Crippen molar-refractivity contribution in [3.8, 4) is 16.9 Å². The van der Waals surface area contributed by atoms with Crippen molar-refractivity contribution in [3.63, 3.8) is 0 Å². The van der Waals surface area contributed by atoms with Gasteiger partial charge in [0.1, 0.15) is 5.75 Å². The number of carbonyl (C=O) groups excluding carboxylic acids is 1. The number of unbranched alkanes of at least 4 members (excludes halogenated alkanes) is 2. The van der Waals surface area contributed by atoms with Gasteiger partial charge in [-0.25, -0.2) is 0 Å². The average Bonchev–Trinajstić information content (AvgIpc) is 2.58. The molecular formula is C21H28ClNO2. The third-order valence-electron chi connectivity index (χ3n) is 4.01. The molecule has 0 atom stereocenters. The Morgan fingerprint density at radius 3 is 2.36 bits per heavy atom. The molecule has 0 saturated carbocycles. The van der Waals surface area contributed by atoms with Crippen molar-refractivity contribution in [2.24, 2.45) is 11.7 Å². The van der Waals surface area contributed by atoms with E-state index in [1.165, 1.54) is 19.3 Å². The van der Waals surface area contributed by atoms with Crippen LogP contribution in [0.3, 0.4) is 0 Å². The molecule has 0 heterocycles. The molecule has 0 aliphatic heterocycles. The van der Waals surface area contributed by atoms with Gasteiger partial charge in [0.05, 0.1) is 6.61 Å². The Hall–Kier alpha value is -2.00. The molecule has 0 aliphatic rings. The number of benzene rings is 2. The molecule has 0 spiro atoms. The Kier molecular flexibility index (Phi) is 9.07. The molecule has 0 fully saturated rings. The van der Waals surface area contributed by atoms with E-state index < -0.39 is 5.91 Å². The molecule has 2 aromatic rings. The Bertz CT molecular complexity index is 670. The van der Waals surface area contributed by atoms with Crippen molar-refractivity contribution in [2.45, 2.75) is 39.5 Å². The fraction of sp³-hybridized carbons (Fsp3) is 0.381. The van der Waals surface area contributed by atoms with E-state index in [0.717, 1.165) is 35.8 Å². The highest BCUT2D eigenvalue weighted by atomic mass is 35.5. The molecule has 0 radical (unpaired) electrons. The van der Waals surface area contributed by atoms with Crippen LogP contribution in [0.25, 0.3) is 11.1 Å². The normalized spacial score (nSPS) is 10.4. The molecule has 2 N–H and O–H groups in total.